The Morgan fingerprint density at radius 3 is 2.59 bits per heavy atom. The molecule has 1 unspecified atom stereocenters. The van der Waals surface area contributed by atoms with Crippen molar-refractivity contribution in [3.05, 3.63) is 60.2 Å². The first-order valence-electron chi connectivity index (χ1n) is 10.6. The molecule has 1 aliphatic rings. The number of hydrogen-bond donors (Lipinski definition) is 0. The van der Waals surface area contributed by atoms with E-state index in [2.05, 4.69) is 32.2 Å². The highest BCUT2D eigenvalue weighted by atomic mass is 32.2. The van der Waals surface area contributed by atoms with Crippen LogP contribution in [0.15, 0.2) is 56.7 Å². The number of rotatable bonds is 7. The maximum absolute atomic E-state index is 13.6. The lowest BCUT2D eigenvalue weighted by Gasteiger charge is -2.31. The van der Waals surface area contributed by atoms with E-state index >= 15 is 0 Å². The summed E-state index contributed by atoms with van der Waals surface area (Å²) in [6, 6.07) is 10.0. The largest absolute Gasteiger partial charge is 0.459 e. The van der Waals surface area contributed by atoms with Gasteiger partial charge in [-0.15, -0.1) is 20.4 Å². The Morgan fingerprint density at radius 2 is 1.84 bits per heavy atom. The van der Waals surface area contributed by atoms with E-state index in [0.717, 1.165) is 24.6 Å². The molecule has 4 heterocycles. The van der Waals surface area contributed by atoms with Gasteiger partial charge in [-0.05, 0) is 69.3 Å². The monoisotopic (exact) mass is 454 g/mol. The molecule has 0 spiro atoms. The predicted octanol–water partition coefficient (Wildman–Crippen LogP) is 4.89. The van der Waals surface area contributed by atoms with Crippen LogP contribution in [0.25, 0.3) is 17.3 Å². The first-order valence-corrected chi connectivity index (χ1v) is 11.6. The number of halogens is 1. The van der Waals surface area contributed by atoms with Crippen LogP contribution in [0.1, 0.15) is 43.9 Å². The molecule has 0 bridgehead atoms. The summed E-state index contributed by atoms with van der Waals surface area (Å²) in [5.41, 5.74) is 0.819. The lowest BCUT2D eigenvalue weighted by atomic mass is 10.1. The van der Waals surface area contributed by atoms with Crippen molar-refractivity contribution in [2.45, 2.75) is 43.1 Å². The molecule has 0 aliphatic carbocycles. The Labute approximate surface area is 188 Å². The third-order valence-electron chi connectivity index (χ3n) is 5.58. The molecule has 32 heavy (non-hydrogen) atoms. The summed E-state index contributed by atoms with van der Waals surface area (Å²) in [4.78, 5) is 2.43. The van der Waals surface area contributed by atoms with Gasteiger partial charge < -0.3 is 8.83 Å². The van der Waals surface area contributed by atoms with Gasteiger partial charge in [0.2, 0.25) is 5.89 Å². The first kappa shape index (κ1) is 20.9. The number of thioether (sulfide) groups is 1. The Hall–Kier alpha value is -2.98. The average molecular weight is 455 g/mol. The molecule has 8 nitrogen and oxygen atoms in total. The molecule has 5 rings (SSSR count). The number of furan rings is 1. The fourth-order valence-electron chi connectivity index (χ4n) is 3.89. The van der Waals surface area contributed by atoms with Crippen molar-refractivity contribution in [3.8, 4) is 17.3 Å². The zero-order valence-electron chi connectivity index (χ0n) is 17.6. The highest BCUT2D eigenvalue weighted by Crippen LogP contribution is 2.31. The number of hydrogen-bond acceptors (Lipinski definition) is 8. The molecule has 0 radical (unpaired) electrons. The summed E-state index contributed by atoms with van der Waals surface area (Å²) in [5, 5.41) is 17.8. The van der Waals surface area contributed by atoms with E-state index in [-0.39, 0.29) is 11.9 Å². The predicted molar refractivity (Wildman–Crippen MR) is 117 cm³/mol. The fourth-order valence-corrected chi connectivity index (χ4v) is 4.68. The van der Waals surface area contributed by atoms with Crippen molar-refractivity contribution < 1.29 is 13.2 Å². The van der Waals surface area contributed by atoms with Crippen LogP contribution in [0.5, 0.6) is 0 Å². The lowest BCUT2D eigenvalue weighted by molar-refractivity contribution is 0.167. The van der Waals surface area contributed by atoms with Gasteiger partial charge in [-0.3, -0.25) is 9.47 Å². The van der Waals surface area contributed by atoms with Gasteiger partial charge in [0, 0.05) is 5.69 Å². The van der Waals surface area contributed by atoms with Crippen molar-refractivity contribution >= 4 is 11.8 Å². The minimum atomic E-state index is -0.280. The maximum atomic E-state index is 13.6. The number of likely N-dealkylation sites (tertiary alicyclic amines) is 1. The molecular formula is C22H23FN6O2S. The Bertz CT molecular complexity index is 1150. The van der Waals surface area contributed by atoms with E-state index in [1.54, 1.807) is 30.5 Å². The van der Waals surface area contributed by atoms with Gasteiger partial charge >= 0.3 is 0 Å². The van der Waals surface area contributed by atoms with E-state index in [0.29, 0.717) is 28.5 Å². The van der Waals surface area contributed by atoms with Crippen LogP contribution in [0, 0.1) is 5.82 Å². The van der Waals surface area contributed by atoms with Crippen LogP contribution in [0.3, 0.4) is 0 Å². The fraction of sp³-hybridized carbons (Fsp3) is 0.364. The number of piperidine rings is 1. The third kappa shape index (κ3) is 4.33. The summed E-state index contributed by atoms with van der Waals surface area (Å²) in [7, 11) is 0. The second-order valence-electron chi connectivity index (χ2n) is 7.69. The SMILES string of the molecule is CC(c1nnc(SCc2nnc(-c3ccco3)o2)n1-c1ccc(F)cc1)N1CCCCC1. The molecule has 4 aromatic rings. The van der Waals surface area contributed by atoms with Crippen molar-refractivity contribution in [2.24, 2.45) is 0 Å². The molecule has 1 aliphatic heterocycles. The highest BCUT2D eigenvalue weighted by Gasteiger charge is 2.26. The molecule has 1 saturated heterocycles. The summed E-state index contributed by atoms with van der Waals surface area (Å²) in [6.45, 7) is 4.23. The molecule has 166 valence electrons. The Kier molecular flexibility index (Phi) is 6.04. The average Bonchev–Trinajstić information content (AvgIpc) is 3.59. The third-order valence-corrected chi connectivity index (χ3v) is 6.49. The zero-order chi connectivity index (χ0) is 21.9. The van der Waals surface area contributed by atoms with Gasteiger partial charge in [-0.2, -0.15) is 0 Å². The molecule has 0 N–H and O–H groups in total. The van der Waals surface area contributed by atoms with Crippen LogP contribution in [-0.4, -0.2) is 43.0 Å². The highest BCUT2D eigenvalue weighted by molar-refractivity contribution is 7.98. The number of nitrogens with zero attached hydrogens (tertiary/aromatic N) is 6. The molecule has 1 atom stereocenters. The van der Waals surface area contributed by atoms with Gasteiger partial charge in [-0.25, -0.2) is 4.39 Å². The topological polar surface area (TPSA) is 86.0 Å². The molecule has 1 fully saturated rings. The normalized spacial score (nSPS) is 15.8. The second-order valence-corrected chi connectivity index (χ2v) is 8.63. The molecule has 0 saturated carbocycles. The minimum Gasteiger partial charge on any atom is -0.459 e. The van der Waals surface area contributed by atoms with Crippen molar-refractivity contribution in [1.29, 1.82) is 0 Å². The first-order chi connectivity index (χ1) is 15.7. The zero-order valence-corrected chi connectivity index (χ0v) is 18.5. The lowest BCUT2D eigenvalue weighted by Crippen LogP contribution is -2.33. The summed E-state index contributed by atoms with van der Waals surface area (Å²) in [5.74, 6) is 2.30. The van der Waals surface area contributed by atoms with Crippen molar-refractivity contribution in [1.82, 2.24) is 29.9 Å². The van der Waals surface area contributed by atoms with Crippen LogP contribution < -0.4 is 0 Å². The van der Waals surface area contributed by atoms with Gasteiger partial charge in [0.15, 0.2) is 16.7 Å². The van der Waals surface area contributed by atoms with E-state index in [9.17, 15) is 4.39 Å². The minimum absolute atomic E-state index is 0.0937. The Balaban J connectivity index is 1.41. The molecule has 0 amide bonds. The molecular weight excluding hydrogens is 431 g/mol. The quantitative estimate of drug-likeness (QED) is 0.365. The van der Waals surface area contributed by atoms with Gasteiger partial charge in [0.25, 0.3) is 5.89 Å². The van der Waals surface area contributed by atoms with Crippen molar-refractivity contribution in [3.63, 3.8) is 0 Å². The number of aromatic nitrogens is 5. The van der Waals surface area contributed by atoms with E-state index in [1.807, 2.05) is 4.57 Å². The van der Waals surface area contributed by atoms with Gasteiger partial charge in [0.1, 0.15) is 5.82 Å². The smallest absolute Gasteiger partial charge is 0.283 e. The van der Waals surface area contributed by atoms with Crippen LogP contribution >= 0.6 is 11.8 Å². The van der Waals surface area contributed by atoms with Crippen LogP contribution in [0.4, 0.5) is 4.39 Å². The van der Waals surface area contributed by atoms with Gasteiger partial charge in [0.05, 0.1) is 18.1 Å². The van der Waals surface area contributed by atoms with E-state index < -0.39 is 0 Å². The van der Waals surface area contributed by atoms with Gasteiger partial charge in [-0.1, -0.05) is 18.2 Å². The Morgan fingerprint density at radius 1 is 1.03 bits per heavy atom. The van der Waals surface area contributed by atoms with Crippen LogP contribution in [-0.2, 0) is 5.75 Å². The molecule has 3 aromatic heterocycles. The van der Waals surface area contributed by atoms with E-state index in [1.165, 1.54) is 43.2 Å². The van der Waals surface area contributed by atoms with E-state index in [4.69, 9.17) is 8.83 Å². The standard InChI is InChI=1S/C22H23FN6O2S/c1-15(28-11-3-2-4-12-28)20-25-27-22(29(20)17-9-7-16(23)8-10-17)32-14-19-24-26-21(31-19)18-6-5-13-30-18/h5-10,13,15H,2-4,11-12,14H2,1H3. The summed E-state index contributed by atoms with van der Waals surface area (Å²) < 4.78 is 26.6. The molecule has 1 aromatic carbocycles. The van der Waals surface area contributed by atoms with Crippen LogP contribution in [0.2, 0.25) is 0 Å². The maximum Gasteiger partial charge on any atom is 0.283 e. The number of benzene rings is 1. The molecule has 10 heteroatoms. The summed E-state index contributed by atoms with van der Waals surface area (Å²) >= 11 is 1.44. The summed E-state index contributed by atoms with van der Waals surface area (Å²) in [6.07, 6.45) is 5.20. The van der Waals surface area contributed by atoms with Crippen molar-refractivity contribution in [2.75, 3.05) is 13.1 Å². The second kappa shape index (κ2) is 9.25.